The predicted molar refractivity (Wildman–Crippen MR) is 101 cm³/mol. The fourth-order valence-electron chi connectivity index (χ4n) is 4.58. The van der Waals surface area contributed by atoms with Gasteiger partial charge in [-0.15, -0.1) is 0 Å². The summed E-state index contributed by atoms with van der Waals surface area (Å²) in [5.41, 5.74) is 8.01. The summed E-state index contributed by atoms with van der Waals surface area (Å²) in [5, 5.41) is 10.5. The van der Waals surface area contributed by atoms with Crippen molar-refractivity contribution in [2.75, 3.05) is 13.1 Å². The first-order valence-electron chi connectivity index (χ1n) is 9.50. The van der Waals surface area contributed by atoms with Crippen molar-refractivity contribution in [2.45, 2.75) is 63.5 Å². The standard InChI is InChI=1S/C20H29ClN2O2/c1-2-3-10-20(22,19(24)25)15-9-11-23(13-15)18-6-4-5-14-12-16(21)7-8-17(14)18/h7-8,12,15,18H,2-6,9-11,13,22H2,1H3,(H,24,25). The molecule has 2 aliphatic rings. The Labute approximate surface area is 155 Å². The number of carbonyl (C=O) groups is 1. The largest absolute Gasteiger partial charge is 0.480 e. The number of benzene rings is 1. The molecule has 0 aromatic heterocycles. The van der Waals surface area contributed by atoms with E-state index < -0.39 is 11.5 Å². The van der Waals surface area contributed by atoms with Crippen LogP contribution in [0.4, 0.5) is 0 Å². The molecule has 3 atom stereocenters. The molecule has 3 unspecified atom stereocenters. The van der Waals surface area contributed by atoms with Crippen LogP contribution >= 0.6 is 11.6 Å². The molecule has 1 aromatic rings. The topological polar surface area (TPSA) is 66.6 Å². The number of unbranched alkanes of at least 4 members (excludes halogenated alkanes) is 1. The van der Waals surface area contributed by atoms with E-state index in [0.29, 0.717) is 12.5 Å². The maximum atomic E-state index is 11.9. The summed E-state index contributed by atoms with van der Waals surface area (Å²) in [6.45, 7) is 3.78. The van der Waals surface area contributed by atoms with E-state index in [1.165, 1.54) is 11.1 Å². The Kier molecular flexibility index (Phi) is 5.71. The predicted octanol–water partition coefficient (Wildman–Crippen LogP) is 4.01. The third-order valence-corrected chi connectivity index (χ3v) is 6.35. The number of nitrogens with zero attached hydrogens (tertiary/aromatic N) is 1. The van der Waals surface area contributed by atoms with E-state index in [2.05, 4.69) is 24.0 Å². The summed E-state index contributed by atoms with van der Waals surface area (Å²) in [5.74, 6) is -0.821. The number of rotatable bonds is 6. The number of carboxylic acid groups (broad SMARTS) is 1. The van der Waals surface area contributed by atoms with Gasteiger partial charge in [0.05, 0.1) is 0 Å². The van der Waals surface area contributed by atoms with Gasteiger partial charge in [0.15, 0.2) is 0 Å². The lowest BCUT2D eigenvalue weighted by atomic mass is 9.80. The zero-order chi connectivity index (χ0) is 18.0. The zero-order valence-corrected chi connectivity index (χ0v) is 15.8. The van der Waals surface area contributed by atoms with Gasteiger partial charge < -0.3 is 10.8 Å². The second kappa shape index (κ2) is 7.65. The number of aryl methyl sites for hydroxylation is 1. The smallest absolute Gasteiger partial charge is 0.324 e. The fraction of sp³-hybridized carbons (Fsp3) is 0.650. The summed E-state index contributed by atoms with van der Waals surface area (Å²) in [4.78, 5) is 14.3. The molecular weight excluding hydrogens is 336 g/mol. The van der Waals surface area contributed by atoms with E-state index in [1.807, 2.05) is 6.07 Å². The summed E-state index contributed by atoms with van der Waals surface area (Å²) >= 11 is 6.15. The molecule has 1 aromatic carbocycles. The van der Waals surface area contributed by atoms with Crippen molar-refractivity contribution in [1.29, 1.82) is 0 Å². The Morgan fingerprint density at radius 3 is 2.96 bits per heavy atom. The molecular formula is C20H29ClN2O2. The van der Waals surface area contributed by atoms with E-state index >= 15 is 0 Å². The Morgan fingerprint density at radius 2 is 2.24 bits per heavy atom. The van der Waals surface area contributed by atoms with E-state index in [4.69, 9.17) is 17.3 Å². The molecule has 1 aliphatic heterocycles. The van der Waals surface area contributed by atoms with Crippen molar-refractivity contribution >= 4 is 17.6 Å². The molecule has 1 saturated heterocycles. The molecule has 25 heavy (non-hydrogen) atoms. The van der Waals surface area contributed by atoms with E-state index in [1.54, 1.807) is 0 Å². The van der Waals surface area contributed by atoms with Gasteiger partial charge in [-0.3, -0.25) is 9.69 Å². The van der Waals surface area contributed by atoms with Crippen molar-refractivity contribution < 1.29 is 9.90 Å². The molecule has 0 saturated carbocycles. The van der Waals surface area contributed by atoms with Gasteiger partial charge >= 0.3 is 5.97 Å². The summed E-state index contributed by atoms with van der Waals surface area (Å²) in [6.07, 6.45) is 6.63. The van der Waals surface area contributed by atoms with Gasteiger partial charge in [-0.1, -0.05) is 37.4 Å². The molecule has 0 spiro atoms. The lowest BCUT2D eigenvalue weighted by molar-refractivity contribution is -0.146. The molecule has 0 bridgehead atoms. The molecule has 0 amide bonds. The maximum Gasteiger partial charge on any atom is 0.324 e. The number of carboxylic acids is 1. The average molecular weight is 365 g/mol. The van der Waals surface area contributed by atoms with Crippen molar-refractivity contribution in [3.05, 3.63) is 34.3 Å². The summed E-state index contributed by atoms with van der Waals surface area (Å²) < 4.78 is 0. The first kappa shape index (κ1) is 18.7. The highest BCUT2D eigenvalue weighted by atomic mass is 35.5. The number of hydrogen-bond acceptors (Lipinski definition) is 3. The summed E-state index contributed by atoms with van der Waals surface area (Å²) in [7, 11) is 0. The molecule has 1 heterocycles. The lowest BCUT2D eigenvalue weighted by Crippen LogP contribution is -2.55. The second-order valence-corrected chi connectivity index (χ2v) is 8.12. The highest BCUT2D eigenvalue weighted by molar-refractivity contribution is 6.30. The zero-order valence-electron chi connectivity index (χ0n) is 15.0. The molecule has 0 radical (unpaired) electrons. The number of halogens is 1. The normalized spacial score (nSPS) is 26.2. The van der Waals surface area contributed by atoms with E-state index in [0.717, 1.165) is 56.6 Å². The minimum Gasteiger partial charge on any atom is -0.480 e. The minimum atomic E-state index is -1.09. The highest BCUT2D eigenvalue weighted by Crippen LogP contribution is 2.40. The molecule has 5 heteroatoms. The number of likely N-dealkylation sites (tertiary alicyclic amines) is 1. The highest BCUT2D eigenvalue weighted by Gasteiger charge is 2.46. The number of aliphatic carboxylic acids is 1. The number of nitrogens with two attached hydrogens (primary N) is 1. The van der Waals surface area contributed by atoms with Gasteiger partial charge in [-0.2, -0.15) is 0 Å². The van der Waals surface area contributed by atoms with Crippen LogP contribution in [-0.4, -0.2) is 34.6 Å². The van der Waals surface area contributed by atoms with Crippen molar-refractivity contribution in [1.82, 2.24) is 4.90 Å². The van der Waals surface area contributed by atoms with Crippen molar-refractivity contribution in [2.24, 2.45) is 11.7 Å². The third-order valence-electron chi connectivity index (χ3n) is 6.12. The molecule has 1 aliphatic carbocycles. The molecule has 4 nitrogen and oxygen atoms in total. The van der Waals surface area contributed by atoms with Crippen LogP contribution in [0.25, 0.3) is 0 Å². The monoisotopic (exact) mass is 364 g/mol. The maximum absolute atomic E-state index is 11.9. The summed E-state index contributed by atoms with van der Waals surface area (Å²) in [6, 6.07) is 6.58. The van der Waals surface area contributed by atoms with Crippen LogP contribution in [0.15, 0.2) is 18.2 Å². The van der Waals surface area contributed by atoms with Gasteiger partial charge in [0, 0.05) is 23.5 Å². The van der Waals surface area contributed by atoms with Gasteiger partial charge in [0.2, 0.25) is 0 Å². The van der Waals surface area contributed by atoms with Crippen LogP contribution in [0.5, 0.6) is 0 Å². The quantitative estimate of drug-likeness (QED) is 0.800. The van der Waals surface area contributed by atoms with Crippen molar-refractivity contribution in [3.8, 4) is 0 Å². The van der Waals surface area contributed by atoms with E-state index in [9.17, 15) is 9.90 Å². The lowest BCUT2D eigenvalue weighted by Gasteiger charge is -2.35. The minimum absolute atomic E-state index is 0.0224. The third kappa shape index (κ3) is 3.71. The SMILES string of the molecule is CCCCC(N)(C(=O)O)C1CCN(C2CCCc3cc(Cl)ccc32)C1. The second-order valence-electron chi connectivity index (χ2n) is 7.68. The van der Waals surface area contributed by atoms with Crippen molar-refractivity contribution in [3.63, 3.8) is 0 Å². The average Bonchev–Trinajstić information content (AvgIpc) is 3.09. The Morgan fingerprint density at radius 1 is 1.44 bits per heavy atom. The number of fused-ring (bicyclic) bond motifs is 1. The van der Waals surface area contributed by atoms with Crippen LogP contribution in [0.1, 0.15) is 62.6 Å². The Bertz CT molecular complexity index is 636. The Balaban J connectivity index is 1.76. The van der Waals surface area contributed by atoms with Crippen LogP contribution in [-0.2, 0) is 11.2 Å². The van der Waals surface area contributed by atoms with E-state index in [-0.39, 0.29) is 5.92 Å². The first-order valence-corrected chi connectivity index (χ1v) is 9.88. The molecule has 1 fully saturated rings. The molecule has 3 N–H and O–H groups in total. The van der Waals surface area contributed by atoms with Gasteiger partial charge in [0.1, 0.15) is 5.54 Å². The van der Waals surface area contributed by atoms with Crippen LogP contribution < -0.4 is 5.73 Å². The molecule has 138 valence electrons. The van der Waals surface area contributed by atoms with Gasteiger partial charge in [-0.25, -0.2) is 0 Å². The Hall–Kier alpha value is -1.10. The number of hydrogen-bond donors (Lipinski definition) is 2. The van der Waals surface area contributed by atoms with Crippen LogP contribution in [0, 0.1) is 5.92 Å². The van der Waals surface area contributed by atoms with Gasteiger partial charge in [-0.05, 0) is 61.9 Å². The first-order chi connectivity index (χ1) is 12.0. The van der Waals surface area contributed by atoms with Crippen LogP contribution in [0.2, 0.25) is 5.02 Å². The molecule has 3 rings (SSSR count). The fourth-order valence-corrected chi connectivity index (χ4v) is 4.78. The van der Waals surface area contributed by atoms with Crippen LogP contribution in [0.3, 0.4) is 0 Å². The van der Waals surface area contributed by atoms with Gasteiger partial charge in [0.25, 0.3) is 0 Å².